The van der Waals surface area contributed by atoms with Gasteiger partial charge in [0.1, 0.15) is 12.0 Å². The fourth-order valence-corrected chi connectivity index (χ4v) is 1.28. The third-order valence-corrected chi connectivity index (χ3v) is 1.93. The van der Waals surface area contributed by atoms with Crippen LogP contribution in [0.1, 0.15) is 17.3 Å². The Morgan fingerprint density at radius 2 is 2.21 bits per heavy atom. The molecule has 1 aromatic carbocycles. The molecule has 14 heavy (non-hydrogen) atoms. The summed E-state index contributed by atoms with van der Waals surface area (Å²) in [6, 6.07) is 7.14. The summed E-state index contributed by atoms with van der Waals surface area (Å²) in [5, 5.41) is 0. The van der Waals surface area contributed by atoms with E-state index in [4.69, 9.17) is 9.47 Å². The van der Waals surface area contributed by atoms with Gasteiger partial charge in [-0.3, -0.25) is 4.79 Å². The summed E-state index contributed by atoms with van der Waals surface area (Å²) in [4.78, 5) is 11.6. The Balaban J connectivity index is 2.30. The molecule has 2 rings (SSSR count). The van der Waals surface area contributed by atoms with Crippen LogP contribution in [0, 0.1) is 0 Å². The molecule has 1 heterocycles. The molecule has 0 atom stereocenters. The van der Waals surface area contributed by atoms with Crippen molar-refractivity contribution in [3.8, 4) is 5.75 Å². The molecule has 1 aliphatic rings. The van der Waals surface area contributed by atoms with Crippen molar-refractivity contribution < 1.29 is 14.3 Å². The van der Waals surface area contributed by atoms with Crippen molar-refractivity contribution in [1.82, 2.24) is 0 Å². The number of para-hydroxylation sites is 1. The number of ketones is 1. The number of hydrogen-bond acceptors (Lipinski definition) is 3. The first kappa shape index (κ1) is 8.81. The summed E-state index contributed by atoms with van der Waals surface area (Å²) in [6.45, 7) is 2.38. The second kappa shape index (κ2) is 3.54. The van der Waals surface area contributed by atoms with Crippen molar-refractivity contribution in [1.29, 1.82) is 0 Å². The lowest BCUT2D eigenvalue weighted by molar-refractivity contribution is 0.100. The van der Waals surface area contributed by atoms with Crippen molar-refractivity contribution >= 4 is 5.78 Å². The molecule has 0 unspecified atom stereocenters. The number of carbonyl (C=O) groups excluding carboxylic acids is 1. The number of hydrogen-bond donors (Lipinski definition) is 0. The average Bonchev–Trinajstić information content (AvgIpc) is 2.54. The Morgan fingerprint density at radius 3 is 2.93 bits per heavy atom. The molecule has 0 bridgehead atoms. The van der Waals surface area contributed by atoms with Gasteiger partial charge in [-0.05, 0) is 19.1 Å². The summed E-state index contributed by atoms with van der Waals surface area (Å²) >= 11 is 0. The van der Waals surface area contributed by atoms with Crippen LogP contribution in [-0.4, -0.2) is 12.4 Å². The van der Waals surface area contributed by atoms with E-state index < -0.39 is 0 Å². The van der Waals surface area contributed by atoms with Gasteiger partial charge in [0, 0.05) is 0 Å². The molecule has 0 saturated carbocycles. The van der Waals surface area contributed by atoms with Crippen LogP contribution in [0.4, 0.5) is 0 Å². The number of carbonyl (C=O) groups is 1. The highest BCUT2D eigenvalue weighted by Crippen LogP contribution is 2.29. The zero-order valence-electron chi connectivity index (χ0n) is 7.82. The molecule has 0 radical (unpaired) electrons. The second-order valence-electron chi connectivity index (χ2n) is 2.86. The molecule has 0 spiro atoms. The van der Waals surface area contributed by atoms with E-state index in [2.05, 4.69) is 0 Å². The van der Waals surface area contributed by atoms with Gasteiger partial charge in [-0.25, -0.2) is 0 Å². The molecule has 1 aromatic rings. The van der Waals surface area contributed by atoms with Gasteiger partial charge in [0.25, 0.3) is 0 Å². The number of ether oxygens (including phenoxy) is 2. The van der Waals surface area contributed by atoms with Crippen LogP contribution in [-0.2, 0) is 4.74 Å². The lowest BCUT2D eigenvalue weighted by Crippen LogP contribution is -1.99. The van der Waals surface area contributed by atoms with Gasteiger partial charge in [0.2, 0.25) is 11.5 Å². The van der Waals surface area contributed by atoms with E-state index in [1.165, 1.54) is 6.26 Å². The predicted molar refractivity (Wildman–Crippen MR) is 51.1 cm³/mol. The van der Waals surface area contributed by atoms with Crippen molar-refractivity contribution in [3.05, 3.63) is 41.9 Å². The minimum Gasteiger partial charge on any atom is -0.497 e. The van der Waals surface area contributed by atoms with Crippen LogP contribution >= 0.6 is 0 Å². The van der Waals surface area contributed by atoms with Gasteiger partial charge in [0.15, 0.2) is 0 Å². The minimum atomic E-state index is -0.117. The predicted octanol–water partition coefficient (Wildman–Crippen LogP) is 2.14. The molecule has 0 amide bonds. The molecule has 1 aliphatic heterocycles. The smallest absolute Gasteiger partial charge is 0.235 e. The van der Waals surface area contributed by atoms with Gasteiger partial charge in [-0.2, -0.15) is 0 Å². The zero-order valence-corrected chi connectivity index (χ0v) is 7.82. The van der Waals surface area contributed by atoms with Crippen LogP contribution in [0.15, 0.2) is 36.3 Å². The maximum absolute atomic E-state index is 11.6. The van der Waals surface area contributed by atoms with Crippen molar-refractivity contribution in [2.75, 3.05) is 6.61 Å². The fourth-order valence-electron chi connectivity index (χ4n) is 1.28. The first-order valence-corrected chi connectivity index (χ1v) is 4.46. The Kier molecular flexibility index (Phi) is 2.23. The number of Topliss-reactive ketones (excluding diaryl/α,β-unsaturated/α-hetero) is 1. The zero-order chi connectivity index (χ0) is 9.97. The Morgan fingerprint density at radius 1 is 1.43 bits per heavy atom. The van der Waals surface area contributed by atoms with E-state index in [1.54, 1.807) is 12.1 Å². The Hall–Kier alpha value is -1.77. The van der Waals surface area contributed by atoms with Crippen LogP contribution in [0.5, 0.6) is 5.75 Å². The van der Waals surface area contributed by atoms with E-state index in [0.717, 1.165) is 0 Å². The highest BCUT2D eigenvalue weighted by atomic mass is 16.5. The Labute approximate surface area is 81.9 Å². The van der Waals surface area contributed by atoms with Gasteiger partial charge >= 0.3 is 0 Å². The molecule has 0 N–H and O–H groups in total. The molecule has 0 aromatic heterocycles. The third kappa shape index (κ3) is 1.37. The van der Waals surface area contributed by atoms with Crippen LogP contribution in [0.3, 0.4) is 0 Å². The lowest BCUT2D eigenvalue weighted by atomic mass is 10.1. The summed E-state index contributed by atoms with van der Waals surface area (Å²) in [6.07, 6.45) is 1.36. The standard InChI is InChI=1S/C11H10O3/c1-2-13-7-10-11(12)8-5-3-4-6-9(8)14-10/h3-7H,2H2,1H3. The Bertz CT molecular complexity index is 393. The molecule has 0 saturated heterocycles. The topological polar surface area (TPSA) is 35.5 Å². The first-order valence-electron chi connectivity index (χ1n) is 4.46. The fraction of sp³-hybridized carbons (Fsp3) is 0.182. The number of allylic oxidation sites excluding steroid dienone is 1. The van der Waals surface area contributed by atoms with E-state index >= 15 is 0 Å². The van der Waals surface area contributed by atoms with Gasteiger partial charge in [-0.15, -0.1) is 0 Å². The SMILES string of the molecule is CCOC=C1Oc2ccccc2C1=O. The van der Waals surface area contributed by atoms with Gasteiger partial charge in [-0.1, -0.05) is 12.1 Å². The minimum absolute atomic E-state index is 0.117. The average molecular weight is 190 g/mol. The van der Waals surface area contributed by atoms with Crippen LogP contribution in [0.2, 0.25) is 0 Å². The molecule has 0 fully saturated rings. The van der Waals surface area contributed by atoms with Gasteiger partial charge < -0.3 is 9.47 Å². The molecule has 72 valence electrons. The van der Waals surface area contributed by atoms with E-state index in [-0.39, 0.29) is 11.5 Å². The lowest BCUT2D eigenvalue weighted by Gasteiger charge is -1.97. The maximum atomic E-state index is 11.6. The van der Waals surface area contributed by atoms with E-state index in [0.29, 0.717) is 17.9 Å². The molecular formula is C11H10O3. The highest BCUT2D eigenvalue weighted by molar-refractivity contribution is 6.11. The van der Waals surface area contributed by atoms with E-state index in [1.807, 2.05) is 19.1 Å². The quantitative estimate of drug-likeness (QED) is 0.529. The van der Waals surface area contributed by atoms with E-state index in [9.17, 15) is 4.79 Å². The number of benzene rings is 1. The third-order valence-electron chi connectivity index (χ3n) is 1.93. The van der Waals surface area contributed by atoms with Crippen molar-refractivity contribution in [2.45, 2.75) is 6.92 Å². The molecular weight excluding hydrogens is 180 g/mol. The largest absolute Gasteiger partial charge is 0.497 e. The van der Waals surface area contributed by atoms with Crippen LogP contribution < -0.4 is 4.74 Å². The molecule has 0 aliphatic carbocycles. The number of rotatable bonds is 2. The second-order valence-corrected chi connectivity index (χ2v) is 2.86. The summed E-state index contributed by atoms with van der Waals surface area (Å²) < 4.78 is 10.3. The van der Waals surface area contributed by atoms with Gasteiger partial charge in [0.05, 0.1) is 12.2 Å². The van der Waals surface area contributed by atoms with Crippen molar-refractivity contribution in [2.24, 2.45) is 0 Å². The van der Waals surface area contributed by atoms with Crippen LogP contribution in [0.25, 0.3) is 0 Å². The normalized spacial score (nSPS) is 16.6. The highest BCUT2D eigenvalue weighted by Gasteiger charge is 2.26. The summed E-state index contributed by atoms with van der Waals surface area (Å²) in [5.41, 5.74) is 0.596. The maximum Gasteiger partial charge on any atom is 0.235 e. The summed E-state index contributed by atoms with van der Waals surface area (Å²) in [5.74, 6) is 0.741. The first-order chi connectivity index (χ1) is 6.83. The van der Waals surface area contributed by atoms with Crippen molar-refractivity contribution in [3.63, 3.8) is 0 Å². The molecule has 3 heteroatoms. The summed E-state index contributed by atoms with van der Waals surface area (Å²) in [7, 11) is 0. The monoisotopic (exact) mass is 190 g/mol. The molecule has 3 nitrogen and oxygen atoms in total. The number of fused-ring (bicyclic) bond motifs is 1.